The van der Waals surface area contributed by atoms with E-state index in [9.17, 15) is 0 Å². The lowest BCUT2D eigenvalue weighted by molar-refractivity contribution is 0.242. The molecule has 1 aromatic rings. The lowest BCUT2D eigenvalue weighted by atomic mass is 9.81. The van der Waals surface area contributed by atoms with Crippen molar-refractivity contribution in [2.24, 2.45) is 0 Å². The number of nitrogens with zero attached hydrogens (tertiary/aromatic N) is 1. The monoisotopic (exact) mass is 307 g/mol. The second-order valence-corrected chi connectivity index (χ2v) is 6.13. The van der Waals surface area contributed by atoms with Crippen molar-refractivity contribution in [3.63, 3.8) is 0 Å². The summed E-state index contributed by atoms with van der Waals surface area (Å²) in [6, 6.07) is 9.20. The van der Waals surface area contributed by atoms with Crippen LogP contribution in [0.1, 0.15) is 37.7 Å². The van der Waals surface area contributed by atoms with Crippen molar-refractivity contribution in [1.82, 2.24) is 4.90 Å². The largest absolute Gasteiger partial charge is 0.497 e. The van der Waals surface area contributed by atoms with Gasteiger partial charge in [0.05, 0.1) is 7.11 Å². The van der Waals surface area contributed by atoms with Crippen molar-refractivity contribution in [2.45, 2.75) is 44.6 Å². The molecule has 1 aliphatic heterocycles. The zero-order valence-corrected chi connectivity index (χ0v) is 13.9. The first-order valence-electron chi connectivity index (χ1n) is 7.82. The first kappa shape index (κ1) is 16.4. The quantitative estimate of drug-likeness (QED) is 0.775. The summed E-state index contributed by atoms with van der Waals surface area (Å²) in [7, 11) is 4.01. The second kappa shape index (κ2) is 7.33. The molecule has 0 fully saturated rings. The van der Waals surface area contributed by atoms with Crippen LogP contribution in [-0.2, 0) is 6.42 Å². The molecule has 1 aliphatic carbocycles. The predicted molar refractivity (Wildman–Crippen MR) is 90.5 cm³/mol. The van der Waals surface area contributed by atoms with Gasteiger partial charge in [0.25, 0.3) is 0 Å². The third-order valence-electron chi connectivity index (χ3n) is 4.92. The SMILES string of the molecule is COc1ccc(CC2C3=C(CCCC3)CCN2C)cc1.Cl. The summed E-state index contributed by atoms with van der Waals surface area (Å²) >= 11 is 0. The molecule has 1 aromatic carbocycles. The van der Waals surface area contributed by atoms with Crippen LogP contribution in [0.25, 0.3) is 0 Å². The molecule has 21 heavy (non-hydrogen) atoms. The van der Waals surface area contributed by atoms with E-state index in [-0.39, 0.29) is 12.4 Å². The number of hydrogen-bond acceptors (Lipinski definition) is 2. The maximum atomic E-state index is 5.25. The van der Waals surface area contributed by atoms with E-state index in [1.54, 1.807) is 18.3 Å². The minimum atomic E-state index is 0. The fraction of sp³-hybridized carbons (Fsp3) is 0.556. The fourth-order valence-electron chi connectivity index (χ4n) is 3.68. The van der Waals surface area contributed by atoms with E-state index in [0.717, 1.165) is 12.2 Å². The number of halogens is 1. The van der Waals surface area contributed by atoms with Gasteiger partial charge in [0, 0.05) is 12.6 Å². The number of ether oxygens (including phenoxy) is 1. The molecule has 2 aliphatic rings. The van der Waals surface area contributed by atoms with Gasteiger partial charge in [-0.15, -0.1) is 12.4 Å². The predicted octanol–water partition coefficient (Wildman–Crippen LogP) is 4.23. The van der Waals surface area contributed by atoms with Gasteiger partial charge >= 0.3 is 0 Å². The van der Waals surface area contributed by atoms with Crippen molar-refractivity contribution < 1.29 is 4.74 Å². The fourth-order valence-corrected chi connectivity index (χ4v) is 3.68. The average Bonchev–Trinajstić information content (AvgIpc) is 2.51. The third kappa shape index (κ3) is 3.61. The summed E-state index contributed by atoms with van der Waals surface area (Å²) in [6.45, 7) is 1.22. The smallest absolute Gasteiger partial charge is 0.118 e. The Bertz CT molecular complexity index is 494. The van der Waals surface area contributed by atoms with Gasteiger partial charge in [0.2, 0.25) is 0 Å². The average molecular weight is 308 g/mol. The van der Waals surface area contributed by atoms with Crippen molar-refractivity contribution in [2.75, 3.05) is 20.7 Å². The summed E-state index contributed by atoms with van der Waals surface area (Å²) in [5, 5.41) is 0. The lowest BCUT2D eigenvalue weighted by Crippen LogP contribution is -2.40. The molecule has 0 spiro atoms. The molecule has 116 valence electrons. The molecule has 2 nitrogen and oxygen atoms in total. The highest BCUT2D eigenvalue weighted by atomic mass is 35.5. The highest BCUT2D eigenvalue weighted by Crippen LogP contribution is 2.35. The van der Waals surface area contributed by atoms with E-state index >= 15 is 0 Å². The Labute approximate surface area is 134 Å². The van der Waals surface area contributed by atoms with E-state index in [1.165, 1.54) is 44.2 Å². The standard InChI is InChI=1S/C18H25NO.ClH/c1-19-12-11-15-5-3-4-6-17(15)18(19)13-14-7-9-16(20-2)10-8-14;/h7-10,18H,3-6,11-13H2,1-2H3;1H. The summed E-state index contributed by atoms with van der Waals surface area (Å²) in [5.41, 5.74) is 4.94. The Kier molecular flexibility index (Phi) is 5.72. The normalized spacial score (nSPS) is 22.5. The van der Waals surface area contributed by atoms with Crippen LogP contribution in [0.2, 0.25) is 0 Å². The van der Waals surface area contributed by atoms with E-state index in [2.05, 4.69) is 36.2 Å². The third-order valence-corrected chi connectivity index (χ3v) is 4.92. The molecule has 0 saturated carbocycles. The van der Waals surface area contributed by atoms with Crippen LogP contribution < -0.4 is 4.74 Å². The van der Waals surface area contributed by atoms with Crippen molar-refractivity contribution in [1.29, 1.82) is 0 Å². The Morgan fingerprint density at radius 1 is 1.10 bits per heavy atom. The summed E-state index contributed by atoms with van der Waals surface area (Å²) < 4.78 is 5.25. The molecule has 1 heterocycles. The number of hydrogen-bond donors (Lipinski definition) is 0. The molecule has 0 amide bonds. The molecular formula is C18H26ClNO. The molecule has 0 bridgehead atoms. The maximum absolute atomic E-state index is 5.25. The lowest BCUT2D eigenvalue weighted by Gasteiger charge is -2.39. The van der Waals surface area contributed by atoms with Gasteiger partial charge in [-0.25, -0.2) is 0 Å². The zero-order chi connectivity index (χ0) is 13.9. The van der Waals surface area contributed by atoms with Gasteiger partial charge in [-0.05, 0) is 63.3 Å². The highest BCUT2D eigenvalue weighted by Gasteiger charge is 2.28. The molecule has 0 N–H and O–H groups in total. The van der Waals surface area contributed by atoms with Crippen molar-refractivity contribution >= 4 is 12.4 Å². The van der Waals surface area contributed by atoms with Gasteiger partial charge in [-0.3, -0.25) is 4.90 Å². The Morgan fingerprint density at radius 3 is 2.52 bits per heavy atom. The topological polar surface area (TPSA) is 12.5 Å². The van der Waals surface area contributed by atoms with Crippen LogP contribution >= 0.6 is 12.4 Å². The van der Waals surface area contributed by atoms with Crippen LogP contribution in [0.15, 0.2) is 35.4 Å². The summed E-state index contributed by atoms with van der Waals surface area (Å²) in [6.07, 6.45) is 7.89. The van der Waals surface area contributed by atoms with Gasteiger partial charge in [0.15, 0.2) is 0 Å². The van der Waals surface area contributed by atoms with E-state index in [4.69, 9.17) is 4.74 Å². The number of rotatable bonds is 3. The Hall–Kier alpha value is -0.990. The van der Waals surface area contributed by atoms with E-state index < -0.39 is 0 Å². The summed E-state index contributed by atoms with van der Waals surface area (Å²) in [5.74, 6) is 0.948. The Balaban J connectivity index is 0.00000161. The zero-order valence-electron chi connectivity index (χ0n) is 13.1. The minimum absolute atomic E-state index is 0. The van der Waals surface area contributed by atoms with Crippen LogP contribution in [-0.4, -0.2) is 31.6 Å². The van der Waals surface area contributed by atoms with E-state index in [0.29, 0.717) is 6.04 Å². The van der Waals surface area contributed by atoms with Gasteiger partial charge in [-0.1, -0.05) is 23.3 Å². The van der Waals surface area contributed by atoms with Crippen LogP contribution in [0.5, 0.6) is 5.75 Å². The van der Waals surface area contributed by atoms with Gasteiger partial charge < -0.3 is 4.74 Å². The molecule has 0 saturated heterocycles. The first-order chi connectivity index (χ1) is 9.78. The molecule has 1 unspecified atom stereocenters. The maximum Gasteiger partial charge on any atom is 0.118 e. The minimum Gasteiger partial charge on any atom is -0.497 e. The Morgan fingerprint density at radius 2 is 1.81 bits per heavy atom. The molecule has 0 aromatic heterocycles. The molecular weight excluding hydrogens is 282 g/mol. The molecule has 3 rings (SSSR count). The molecule has 0 radical (unpaired) electrons. The number of benzene rings is 1. The van der Waals surface area contributed by atoms with Crippen LogP contribution in [0.4, 0.5) is 0 Å². The van der Waals surface area contributed by atoms with Crippen molar-refractivity contribution in [3.05, 3.63) is 41.0 Å². The molecule has 1 atom stereocenters. The second-order valence-electron chi connectivity index (χ2n) is 6.13. The van der Waals surface area contributed by atoms with Crippen LogP contribution in [0, 0.1) is 0 Å². The summed E-state index contributed by atoms with van der Waals surface area (Å²) in [4.78, 5) is 2.55. The first-order valence-corrected chi connectivity index (χ1v) is 7.82. The van der Waals surface area contributed by atoms with Crippen molar-refractivity contribution in [3.8, 4) is 5.75 Å². The van der Waals surface area contributed by atoms with Gasteiger partial charge in [-0.2, -0.15) is 0 Å². The molecule has 3 heteroatoms. The number of methoxy groups -OCH3 is 1. The number of likely N-dealkylation sites (N-methyl/N-ethyl adjacent to an activating group) is 1. The highest BCUT2D eigenvalue weighted by molar-refractivity contribution is 5.85. The van der Waals surface area contributed by atoms with Crippen LogP contribution in [0.3, 0.4) is 0 Å². The van der Waals surface area contributed by atoms with E-state index in [1.807, 2.05) is 0 Å². The van der Waals surface area contributed by atoms with Gasteiger partial charge in [0.1, 0.15) is 5.75 Å².